The summed E-state index contributed by atoms with van der Waals surface area (Å²) < 4.78 is 0. The Kier molecular flexibility index (Phi) is 23.1. The van der Waals surface area contributed by atoms with Crippen LogP contribution in [0.25, 0.3) is 0 Å². The number of nitrogens with zero attached hydrogens (tertiary/aromatic N) is 1. The second-order valence-corrected chi connectivity index (χ2v) is 12.3. The molecule has 0 amide bonds. The van der Waals surface area contributed by atoms with Gasteiger partial charge in [-0.15, -0.1) is 0 Å². The van der Waals surface area contributed by atoms with E-state index in [0.29, 0.717) is 0 Å². The van der Waals surface area contributed by atoms with Gasteiger partial charge >= 0.3 is 0 Å². The van der Waals surface area contributed by atoms with Crippen LogP contribution < -0.4 is 0 Å². The van der Waals surface area contributed by atoms with Crippen LogP contribution in [0.4, 0.5) is 5.69 Å². The summed E-state index contributed by atoms with van der Waals surface area (Å²) >= 11 is 4.82. The number of hydrogen-bond acceptors (Lipinski definition) is 2. The summed E-state index contributed by atoms with van der Waals surface area (Å²) in [6.45, 7) is 9.35. The van der Waals surface area contributed by atoms with Crippen LogP contribution in [0.2, 0.25) is 0 Å². The van der Waals surface area contributed by atoms with Crippen LogP contribution >= 0.6 is 12.2 Å². The van der Waals surface area contributed by atoms with Crippen LogP contribution in [0.15, 0.2) is 29.3 Å². The molecule has 0 saturated heterocycles. The van der Waals surface area contributed by atoms with Crippen LogP contribution in [0.1, 0.15) is 168 Å². The lowest BCUT2D eigenvalue weighted by molar-refractivity contribution is 0.213. The zero-order valence-electron chi connectivity index (χ0n) is 26.0. The molecule has 0 aliphatic heterocycles. The summed E-state index contributed by atoms with van der Waals surface area (Å²) in [4.78, 5) is 4.19. The molecule has 38 heavy (non-hydrogen) atoms. The fourth-order valence-corrected chi connectivity index (χ4v) is 6.42. The number of benzene rings is 1. The van der Waals surface area contributed by atoms with E-state index in [-0.39, 0.29) is 0 Å². The molecule has 0 spiro atoms. The van der Waals surface area contributed by atoms with Crippen LogP contribution in [0, 0.1) is 17.8 Å². The van der Waals surface area contributed by atoms with Crippen molar-refractivity contribution in [1.29, 1.82) is 0 Å². The van der Waals surface area contributed by atoms with Gasteiger partial charge in [0, 0.05) is 0 Å². The number of isothiocyanates is 1. The van der Waals surface area contributed by atoms with Gasteiger partial charge in [-0.25, -0.2) is 0 Å². The number of unbranched alkanes of at least 4 members (excludes halogenated alkanes) is 12. The molecular formula is C36H63NS. The van der Waals surface area contributed by atoms with Gasteiger partial charge in [0.1, 0.15) is 0 Å². The number of hydrogen-bond donors (Lipinski definition) is 0. The van der Waals surface area contributed by atoms with Gasteiger partial charge < -0.3 is 0 Å². The molecule has 0 aliphatic carbocycles. The first-order chi connectivity index (χ1) is 18.7. The van der Waals surface area contributed by atoms with E-state index in [2.05, 4.69) is 62.1 Å². The highest BCUT2D eigenvalue weighted by Gasteiger charge is 2.25. The zero-order valence-corrected chi connectivity index (χ0v) is 26.8. The normalized spacial score (nSPS) is 13.7. The van der Waals surface area contributed by atoms with E-state index in [1.165, 1.54) is 147 Å². The van der Waals surface area contributed by atoms with Crippen molar-refractivity contribution in [2.75, 3.05) is 0 Å². The van der Waals surface area contributed by atoms with Crippen molar-refractivity contribution < 1.29 is 0 Å². The van der Waals surface area contributed by atoms with Gasteiger partial charge in [-0.3, -0.25) is 0 Å². The third-order valence-corrected chi connectivity index (χ3v) is 8.79. The quantitative estimate of drug-likeness (QED) is 0.0645. The van der Waals surface area contributed by atoms with Crippen LogP contribution in [-0.4, -0.2) is 5.16 Å². The maximum absolute atomic E-state index is 4.82. The highest BCUT2D eigenvalue weighted by Crippen LogP contribution is 2.36. The van der Waals surface area contributed by atoms with Gasteiger partial charge in [0.15, 0.2) is 0 Å². The van der Waals surface area contributed by atoms with Gasteiger partial charge in [0.25, 0.3) is 0 Å². The Morgan fingerprint density at radius 1 is 0.579 bits per heavy atom. The van der Waals surface area contributed by atoms with E-state index in [0.717, 1.165) is 23.4 Å². The summed E-state index contributed by atoms with van der Waals surface area (Å²) in [6, 6.07) is 8.88. The Bertz CT molecular complexity index is 690. The maximum Gasteiger partial charge on any atom is 0.0739 e. The van der Waals surface area contributed by atoms with Gasteiger partial charge in [0.2, 0.25) is 0 Å². The highest BCUT2D eigenvalue weighted by molar-refractivity contribution is 7.78. The average Bonchev–Trinajstić information content (AvgIpc) is 2.93. The molecule has 3 unspecified atom stereocenters. The lowest BCUT2D eigenvalue weighted by atomic mass is 9.74. The largest absolute Gasteiger partial charge is 0.195 e. The third kappa shape index (κ3) is 17.6. The molecule has 1 rings (SSSR count). The lowest BCUT2D eigenvalue weighted by Crippen LogP contribution is -2.22. The lowest BCUT2D eigenvalue weighted by Gasteiger charge is -2.32. The van der Waals surface area contributed by atoms with E-state index >= 15 is 0 Å². The molecule has 0 aliphatic rings. The Morgan fingerprint density at radius 2 is 1.03 bits per heavy atom. The first kappa shape index (κ1) is 35.0. The summed E-state index contributed by atoms with van der Waals surface area (Å²) in [5.74, 6) is 2.58. The summed E-state index contributed by atoms with van der Waals surface area (Å²) in [7, 11) is 0. The maximum atomic E-state index is 4.82. The van der Waals surface area contributed by atoms with Gasteiger partial charge in [0.05, 0.1) is 10.8 Å². The minimum Gasteiger partial charge on any atom is -0.195 e. The van der Waals surface area contributed by atoms with Crippen molar-refractivity contribution in [1.82, 2.24) is 0 Å². The predicted molar refractivity (Wildman–Crippen MR) is 175 cm³/mol. The van der Waals surface area contributed by atoms with E-state index in [1.54, 1.807) is 0 Å². The molecule has 0 saturated carbocycles. The first-order valence-corrected chi connectivity index (χ1v) is 17.3. The Hall–Kier alpha value is -0.980. The van der Waals surface area contributed by atoms with Crippen LogP contribution in [0.5, 0.6) is 0 Å². The van der Waals surface area contributed by atoms with Gasteiger partial charge in [-0.1, -0.05) is 168 Å². The molecule has 0 radical (unpaired) electrons. The standard InChI is InChI=1S/C36H63NS/c1-5-9-13-16-20-24-34(23-19-15-11-7-3)35(30-33-25-27-36(28-26-33)37-31-38)29-32(21-17-12-8-4)22-18-14-10-6-2/h25-28,32,34-35H,5-24,29-30H2,1-4H3. The average molecular weight is 542 g/mol. The second kappa shape index (κ2) is 25.0. The molecule has 0 bridgehead atoms. The molecule has 2 heteroatoms. The van der Waals surface area contributed by atoms with Gasteiger partial charge in [-0.2, -0.15) is 4.99 Å². The number of thiocarbonyl (C=S) groups is 1. The van der Waals surface area contributed by atoms with E-state index in [9.17, 15) is 0 Å². The van der Waals surface area contributed by atoms with Crippen molar-refractivity contribution >= 4 is 23.1 Å². The van der Waals surface area contributed by atoms with Crippen molar-refractivity contribution in [2.45, 2.75) is 169 Å². The van der Waals surface area contributed by atoms with Crippen molar-refractivity contribution in [3.8, 4) is 0 Å². The summed E-state index contributed by atoms with van der Waals surface area (Å²) in [5.41, 5.74) is 2.42. The third-order valence-electron chi connectivity index (χ3n) is 8.70. The molecule has 218 valence electrons. The molecule has 0 heterocycles. The fourth-order valence-electron chi connectivity index (χ4n) is 6.31. The van der Waals surface area contributed by atoms with Crippen LogP contribution in [0.3, 0.4) is 0 Å². The van der Waals surface area contributed by atoms with E-state index in [4.69, 9.17) is 12.2 Å². The predicted octanol–water partition coefficient (Wildman–Crippen LogP) is 13.1. The smallest absolute Gasteiger partial charge is 0.0739 e. The van der Waals surface area contributed by atoms with Crippen molar-refractivity contribution in [2.24, 2.45) is 22.7 Å². The molecule has 1 nitrogen and oxygen atoms in total. The topological polar surface area (TPSA) is 12.4 Å². The molecular weight excluding hydrogens is 478 g/mol. The fraction of sp³-hybridized carbons (Fsp3) is 0.806. The summed E-state index contributed by atoms with van der Waals surface area (Å²) in [6.07, 6.45) is 30.7. The molecule has 0 aromatic heterocycles. The number of aliphatic imine (C=N–C) groups is 1. The van der Waals surface area contributed by atoms with Crippen molar-refractivity contribution in [3.63, 3.8) is 0 Å². The monoisotopic (exact) mass is 541 g/mol. The van der Waals surface area contributed by atoms with Crippen molar-refractivity contribution in [3.05, 3.63) is 29.8 Å². The Balaban J connectivity index is 3.07. The summed E-state index contributed by atoms with van der Waals surface area (Å²) in [5, 5.41) is 2.52. The minimum atomic E-state index is 0.806. The SMILES string of the molecule is CCCCCCCC(CCCCCC)C(Cc1ccc(N=C=S)cc1)CC(CCCCC)CCCCCC. The molecule has 0 fully saturated rings. The molecule has 0 N–H and O–H groups in total. The highest BCUT2D eigenvalue weighted by atomic mass is 32.1. The molecule has 1 aromatic carbocycles. The number of rotatable bonds is 26. The first-order valence-electron chi connectivity index (χ1n) is 16.8. The molecule has 3 atom stereocenters. The minimum absolute atomic E-state index is 0.806. The van der Waals surface area contributed by atoms with Crippen LogP contribution in [-0.2, 0) is 6.42 Å². The Labute approximate surface area is 244 Å². The molecule has 1 aromatic rings. The Morgan fingerprint density at radius 3 is 1.55 bits per heavy atom. The zero-order chi connectivity index (χ0) is 27.7. The second-order valence-electron chi connectivity index (χ2n) is 12.1. The van der Waals surface area contributed by atoms with Gasteiger partial charge in [-0.05, 0) is 60.5 Å². The van der Waals surface area contributed by atoms with E-state index < -0.39 is 0 Å². The van der Waals surface area contributed by atoms with E-state index in [1.807, 2.05) is 0 Å².